The van der Waals surface area contributed by atoms with E-state index in [1.807, 2.05) is 0 Å². The number of Topliss-reactive ketones (excluding diaryl/α,β-unsaturated/α-hetero) is 1. The molecule has 1 aromatic carbocycles. The van der Waals surface area contributed by atoms with E-state index in [0.29, 0.717) is 48.1 Å². The fourth-order valence-corrected chi connectivity index (χ4v) is 5.58. The first-order valence-corrected chi connectivity index (χ1v) is 14.6. The van der Waals surface area contributed by atoms with E-state index >= 15 is 0 Å². The Bertz CT molecular complexity index is 1480. The molecule has 2 N–H and O–H groups in total. The van der Waals surface area contributed by atoms with Crippen molar-refractivity contribution in [2.75, 3.05) is 31.1 Å². The fraction of sp³-hybridized carbons (Fsp3) is 0.485. The molecule has 0 saturated carbocycles. The van der Waals surface area contributed by atoms with Crippen LogP contribution >= 0.6 is 0 Å². The van der Waals surface area contributed by atoms with Crippen LogP contribution in [0.2, 0.25) is 0 Å². The van der Waals surface area contributed by atoms with E-state index in [1.54, 1.807) is 12.1 Å². The van der Waals surface area contributed by atoms with Gasteiger partial charge in [0.25, 0.3) is 5.95 Å². The molecule has 0 fully saturated rings. The van der Waals surface area contributed by atoms with Crippen LogP contribution in [0, 0.1) is 23.7 Å². The summed E-state index contributed by atoms with van der Waals surface area (Å²) in [5.74, 6) is -2.17. The number of hydrogen-bond donors (Lipinski definition) is 2. The minimum Gasteiger partial charge on any atom is -0.507 e. The summed E-state index contributed by atoms with van der Waals surface area (Å²) in [4.78, 5) is 44.4. The van der Waals surface area contributed by atoms with Gasteiger partial charge in [-0.15, -0.1) is 0 Å². The van der Waals surface area contributed by atoms with Crippen molar-refractivity contribution in [1.82, 2.24) is 4.90 Å². The summed E-state index contributed by atoms with van der Waals surface area (Å²) in [6.07, 6.45) is 3.02. The minimum absolute atomic E-state index is 0.000161. The molecule has 0 amide bonds. The van der Waals surface area contributed by atoms with Crippen molar-refractivity contribution < 1.29 is 33.8 Å². The zero-order valence-corrected chi connectivity index (χ0v) is 25.8. The summed E-state index contributed by atoms with van der Waals surface area (Å²) in [5, 5.41) is 21.8. The normalized spacial score (nSPS) is 15.2. The summed E-state index contributed by atoms with van der Waals surface area (Å²) in [7, 11) is 0. The number of hydrogen-bond acceptors (Lipinski definition) is 9. The minimum atomic E-state index is -0.992. The van der Waals surface area contributed by atoms with E-state index in [2.05, 4.69) is 65.2 Å². The van der Waals surface area contributed by atoms with Gasteiger partial charge >= 0.3 is 5.97 Å². The van der Waals surface area contributed by atoms with Gasteiger partial charge in [-0.3, -0.25) is 9.59 Å². The van der Waals surface area contributed by atoms with Crippen molar-refractivity contribution >= 4 is 34.2 Å². The van der Waals surface area contributed by atoms with Crippen molar-refractivity contribution in [3.05, 3.63) is 52.5 Å². The number of nitrogens with zero attached hydrogens (tertiary/aromatic N) is 2. The number of aromatic hydroxyl groups is 2. The summed E-state index contributed by atoms with van der Waals surface area (Å²) < 4.78 is 11.0. The maximum atomic E-state index is 13.8. The van der Waals surface area contributed by atoms with Crippen LogP contribution < -0.4 is 4.90 Å². The van der Waals surface area contributed by atoms with Gasteiger partial charge in [0.15, 0.2) is 5.78 Å². The van der Waals surface area contributed by atoms with Crippen molar-refractivity contribution in [2.24, 2.45) is 23.7 Å². The van der Waals surface area contributed by atoms with Gasteiger partial charge in [-0.2, -0.15) is 0 Å². The number of ether oxygens (including phenoxy) is 1. The average molecular weight is 579 g/mol. The zero-order chi connectivity index (χ0) is 31.0. The number of phenolic OH excluding ortho intramolecular Hbond substituents is 1. The van der Waals surface area contributed by atoms with Crippen LogP contribution in [0.3, 0.4) is 0 Å². The molecule has 4 rings (SSSR count). The Kier molecular flexibility index (Phi) is 8.89. The molecule has 0 bridgehead atoms. The smallest absolute Gasteiger partial charge is 0.348 e. The molecule has 0 atom stereocenters. The quantitative estimate of drug-likeness (QED) is 0.178. The van der Waals surface area contributed by atoms with E-state index in [0.717, 1.165) is 13.1 Å². The number of ketones is 2. The first-order chi connectivity index (χ1) is 19.7. The number of benzene rings is 1. The monoisotopic (exact) mass is 578 g/mol. The Morgan fingerprint density at radius 3 is 1.90 bits per heavy atom. The molecule has 1 aliphatic heterocycles. The highest BCUT2D eigenvalue weighted by atomic mass is 16.5. The summed E-state index contributed by atoms with van der Waals surface area (Å²) in [6, 6.07) is 3.18. The average Bonchev–Trinajstić information content (AvgIpc) is 3.37. The maximum absolute atomic E-state index is 13.8. The van der Waals surface area contributed by atoms with Crippen LogP contribution in [0.1, 0.15) is 65.7 Å². The molecule has 0 saturated heterocycles. The topological polar surface area (TPSA) is 121 Å². The van der Waals surface area contributed by atoms with Gasteiger partial charge in [-0.05, 0) is 23.7 Å². The van der Waals surface area contributed by atoms with Crippen LogP contribution in [0.5, 0.6) is 11.7 Å². The number of carbonyl (C=O) groups is 3. The number of esters is 1. The predicted octanol–water partition coefficient (Wildman–Crippen LogP) is 5.96. The van der Waals surface area contributed by atoms with Gasteiger partial charge < -0.3 is 29.2 Å². The van der Waals surface area contributed by atoms with Crippen LogP contribution in [-0.4, -0.2) is 58.8 Å². The molecule has 2 aromatic rings. The number of fused-ring (bicyclic) bond motifs is 2. The van der Waals surface area contributed by atoms with Crippen LogP contribution in [-0.2, 0) is 14.3 Å². The van der Waals surface area contributed by atoms with Gasteiger partial charge in [0.1, 0.15) is 28.2 Å². The Hall–Kier alpha value is -4.01. The second-order valence-corrected chi connectivity index (χ2v) is 12.9. The van der Waals surface area contributed by atoms with Gasteiger partial charge in [-0.25, -0.2) is 4.79 Å². The summed E-state index contributed by atoms with van der Waals surface area (Å²) in [5.41, 5.74) is 0.326. The third-order valence-electron chi connectivity index (χ3n) is 6.97. The second-order valence-electron chi connectivity index (χ2n) is 12.9. The molecule has 0 unspecified atom stereocenters. The maximum Gasteiger partial charge on any atom is 0.348 e. The van der Waals surface area contributed by atoms with E-state index < -0.39 is 34.6 Å². The molecule has 1 aromatic heterocycles. The van der Waals surface area contributed by atoms with E-state index in [4.69, 9.17) is 9.15 Å². The second kappa shape index (κ2) is 12.1. The van der Waals surface area contributed by atoms with E-state index in [-0.39, 0.29) is 28.1 Å². The van der Waals surface area contributed by atoms with Crippen molar-refractivity contribution in [1.29, 1.82) is 0 Å². The number of allylic oxidation sites excluding steroid dienone is 3. The van der Waals surface area contributed by atoms with Crippen molar-refractivity contribution in [3.8, 4) is 11.7 Å². The zero-order valence-electron chi connectivity index (χ0n) is 25.8. The first kappa shape index (κ1) is 30.9. The van der Waals surface area contributed by atoms with Crippen LogP contribution in [0.4, 0.5) is 5.69 Å². The lowest BCUT2D eigenvalue weighted by Gasteiger charge is -2.30. The third kappa shape index (κ3) is 6.25. The highest BCUT2D eigenvalue weighted by molar-refractivity contribution is 6.35. The Morgan fingerprint density at radius 1 is 0.810 bits per heavy atom. The van der Waals surface area contributed by atoms with E-state index in [9.17, 15) is 24.6 Å². The molecule has 2 heterocycles. The molecule has 42 heavy (non-hydrogen) atoms. The lowest BCUT2D eigenvalue weighted by atomic mass is 9.92. The van der Waals surface area contributed by atoms with Gasteiger partial charge in [0, 0.05) is 61.8 Å². The Morgan fingerprint density at radius 2 is 1.36 bits per heavy atom. The lowest BCUT2D eigenvalue weighted by molar-refractivity contribution is -0.132. The number of phenols is 1. The number of furan rings is 1. The van der Waals surface area contributed by atoms with Gasteiger partial charge in [-0.1, -0.05) is 55.4 Å². The largest absolute Gasteiger partial charge is 0.507 e. The van der Waals surface area contributed by atoms with Crippen LogP contribution in [0.15, 0.2) is 51.3 Å². The molecule has 2 aliphatic rings. The standard InChI is InChI=1S/C33H42N2O7/c1-17(2)13-34(14-18(3)4)21-9-23(36)27-25(11-21)41-32(39)29(27)31(38)30-28-24(37)10-22(12-26(28)42-33(30)40)35(15-19(5)6)16-20(7)8/h9-12,17-20,36,39H,13-16H2,1-8H3. The first-order valence-electron chi connectivity index (χ1n) is 14.6. The third-order valence-corrected chi connectivity index (χ3v) is 6.97. The highest BCUT2D eigenvalue weighted by Gasteiger charge is 2.42. The summed E-state index contributed by atoms with van der Waals surface area (Å²) >= 11 is 0. The lowest BCUT2D eigenvalue weighted by Crippen LogP contribution is -2.32. The summed E-state index contributed by atoms with van der Waals surface area (Å²) in [6.45, 7) is 19.5. The fourth-order valence-electron chi connectivity index (χ4n) is 5.58. The molecule has 1 aliphatic carbocycles. The Labute approximate surface area is 247 Å². The highest BCUT2D eigenvalue weighted by Crippen LogP contribution is 2.43. The number of rotatable bonds is 12. The van der Waals surface area contributed by atoms with Crippen LogP contribution in [0.25, 0.3) is 11.0 Å². The van der Waals surface area contributed by atoms with Crippen molar-refractivity contribution in [2.45, 2.75) is 55.4 Å². The Balaban J connectivity index is 1.76. The van der Waals surface area contributed by atoms with Gasteiger partial charge in [0.05, 0.1) is 11.0 Å². The van der Waals surface area contributed by atoms with Gasteiger partial charge in [0.2, 0.25) is 5.78 Å². The number of carbonyl (C=O) groups excluding carboxylic acids is 3. The number of anilines is 1. The molecular weight excluding hydrogens is 536 g/mol. The molecular formula is C33H42N2O7. The predicted molar refractivity (Wildman–Crippen MR) is 161 cm³/mol. The molecule has 9 nitrogen and oxygen atoms in total. The SMILES string of the molecule is CC(C)CN(CC(C)C)C1=CC(=O)C2=C(C(=O)c3c(O)oc4cc(N(CC(C)C)CC(C)C)cc(O)c34)C(=O)OC2=C1. The van der Waals surface area contributed by atoms with Crippen molar-refractivity contribution in [3.63, 3.8) is 0 Å². The molecule has 9 heteroatoms. The van der Waals surface area contributed by atoms with E-state index in [1.165, 1.54) is 12.1 Å². The molecule has 0 radical (unpaired) electrons. The molecule has 226 valence electrons. The molecule has 0 spiro atoms.